The summed E-state index contributed by atoms with van der Waals surface area (Å²) in [4.78, 5) is 7.18. The molecule has 96 valence electrons. The second-order valence-electron chi connectivity index (χ2n) is 4.96. The zero-order valence-corrected chi connectivity index (χ0v) is 12.2. The van der Waals surface area contributed by atoms with Crippen molar-refractivity contribution in [3.63, 3.8) is 0 Å². The van der Waals surface area contributed by atoms with Gasteiger partial charge in [-0.05, 0) is 54.0 Å². The second-order valence-corrected chi connectivity index (χ2v) is 5.81. The summed E-state index contributed by atoms with van der Waals surface area (Å²) in [6, 6.07) is 4.14. The highest BCUT2D eigenvalue weighted by Gasteiger charge is 2.23. The Bertz CT molecular complexity index is 549. The number of hydrogen-bond acceptors (Lipinski definition) is 2. The van der Waals surface area contributed by atoms with Crippen LogP contribution in [-0.2, 0) is 0 Å². The zero-order chi connectivity index (χ0) is 12.5. The number of hydrogen-bond donors (Lipinski definition) is 0. The molecular formula is C14H18BrN3. The van der Waals surface area contributed by atoms with Gasteiger partial charge in [0, 0.05) is 23.1 Å². The van der Waals surface area contributed by atoms with Crippen LogP contribution in [0.15, 0.2) is 29.0 Å². The third-order valence-electron chi connectivity index (χ3n) is 3.87. The summed E-state index contributed by atoms with van der Waals surface area (Å²) < 4.78 is 3.35. The maximum Gasteiger partial charge on any atom is 0.117 e. The number of rotatable bonds is 2. The van der Waals surface area contributed by atoms with Gasteiger partial charge in [0.2, 0.25) is 0 Å². The van der Waals surface area contributed by atoms with Gasteiger partial charge in [-0.3, -0.25) is 0 Å². The van der Waals surface area contributed by atoms with Gasteiger partial charge in [0.1, 0.15) is 5.82 Å². The monoisotopic (exact) mass is 307 g/mol. The fourth-order valence-corrected chi connectivity index (χ4v) is 3.31. The zero-order valence-electron chi connectivity index (χ0n) is 10.6. The standard InChI is InChI=1S/C14H18BrN3/c1-2-17-7-3-5-11(10-17)14-16-9-13-12(15)6-4-8-18(13)14/h4,6,8-9,11H,2-3,5,7,10H2,1H3. The van der Waals surface area contributed by atoms with E-state index >= 15 is 0 Å². The summed E-state index contributed by atoms with van der Waals surface area (Å²) in [5, 5.41) is 0. The minimum Gasteiger partial charge on any atom is -0.303 e. The highest BCUT2D eigenvalue weighted by molar-refractivity contribution is 9.10. The SMILES string of the molecule is CCN1CCCC(c2ncc3c(Br)cccn23)C1. The maximum atomic E-state index is 4.65. The first-order chi connectivity index (χ1) is 8.79. The molecule has 0 bridgehead atoms. The van der Waals surface area contributed by atoms with E-state index in [9.17, 15) is 0 Å². The summed E-state index contributed by atoms with van der Waals surface area (Å²) in [6.45, 7) is 5.76. The van der Waals surface area contributed by atoms with Gasteiger partial charge in [-0.2, -0.15) is 0 Å². The average molecular weight is 308 g/mol. The fraction of sp³-hybridized carbons (Fsp3) is 0.500. The maximum absolute atomic E-state index is 4.65. The van der Waals surface area contributed by atoms with Gasteiger partial charge in [0.25, 0.3) is 0 Å². The van der Waals surface area contributed by atoms with Crippen LogP contribution in [-0.4, -0.2) is 33.9 Å². The average Bonchev–Trinajstić information content (AvgIpc) is 2.84. The van der Waals surface area contributed by atoms with Crippen molar-refractivity contribution >= 4 is 21.4 Å². The van der Waals surface area contributed by atoms with E-state index in [0.29, 0.717) is 5.92 Å². The molecule has 18 heavy (non-hydrogen) atoms. The minimum atomic E-state index is 0.565. The lowest BCUT2D eigenvalue weighted by atomic mass is 9.97. The molecule has 0 radical (unpaired) electrons. The molecule has 3 heterocycles. The van der Waals surface area contributed by atoms with Crippen LogP contribution in [0.4, 0.5) is 0 Å². The number of halogens is 1. The number of fused-ring (bicyclic) bond motifs is 1. The van der Waals surface area contributed by atoms with E-state index in [1.807, 2.05) is 6.20 Å². The largest absolute Gasteiger partial charge is 0.303 e. The van der Waals surface area contributed by atoms with Crippen molar-refractivity contribution in [1.29, 1.82) is 0 Å². The van der Waals surface area contributed by atoms with Crippen LogP contribution in [0.1, 0.15) is 31.5 Å². The molecule has 1 atom stereocenters. The Hall–Kier alpha value is -0.870. The number of aromatic nitrogens is 2. The first-order valence-corrected chi connectivity index (χ1v) is 7.42. The van der Waals surface area contributed by atoms with Gasteiger partial charge >= 0.3 is 0 Å². The van der Waals surface area contributed by atoms with Gasteiger partial charge < -0.3 is 9.30 Å². The number of likely N-dealkylation sites (N-methyl/N-ethyl adjacent to an activating group) is 1. The summed E-state index contributed by atoms with van der Waals surface area (Å²) >= 11 is 3.59. The molecule has 0 aliphatic carbocycles. The Morgan fingerprint density at radius 3 is 3.22 bits per heavy atom. The molecule has 0 spiro atoms. The first kappa shape index (κ1) is 12.2. The molecule has 0 N–H and O–H groups in total. The first-order valence-electron chi connectivity index (χ1n) is 6.63. The van der Waals surface area contributed by atoms with E-state index < -0.39 is 0 Å². The Kier molecular flexibility index (Phi) is 3.39. The molecule has 1 fully saturated rings. The van der Waals surface area contributed by atoms with Crippen molar-refractivity contribution in [1.82, 2.24) is 14.3 Å². The number of imidazole rings is 1. The van der Waals surface area contributed by atoms with E-state index in [-0.39, 0.29) is 0 Å². The van der Waals surface area contributed by atoms with E-state index in [1.54, 1.807) is 0 Å². The highest BCUT2D eigenvalue weighted by atomic mass is 79.9. The van der Waals surface area contributed by atoms with Crippen molar-refractivity contribution < 1.29 is 0 Å². The van der Waals surface area contributed by atoms with Gasteiger partial charge in [-0.15, -0.1) is 0 Å². The summed E-state index contributed by atoms with van der Waals surface area (Å²) in [5.41, 5.74) is 1.17. The third-order valence-corrected chi connectivity index (χ3v) is 4.54. The third kappa shape index (κ3) is 2.08. The van der Waals surface area contributed by atoms with Crippen LogP contribution in [0.3, 0.4) is 0 Å². The molecule has 3 rings (SSSR count). The molecule has 1 unspecified atom stereocenters. The number of piperidine rings is 1. The minimum absolute atomic E-state index is 0.565. The van der Waals surface area contributed by atoms with Crippen LogP contribution in [0.25, 0.3) is 5.52 Å². The molecule has 0 saturated carbocycles. The van der Waals surface area contributed by atoms with Crippen LogP contribution in [0.2, 0.25) is 0 Å². The molecule has 1 saturated heterocycles. The fourth-order valence-electron chi connectivity index (χ4n) is 2.86. The van der Waals surface area contributed by atoms with E-state index in [2.05, 4.69) is 55.5 Å². The Morgan fingerprint density at radius 2 is 2.39 bits per heavy atom. The van der Waals surface area contributed by atoms with Crippen LogP contribution < -0.4 is 0 Å². The Labute approximate surface area is 116 Å². The predicted molar refractivity (Wildman–Crippen MR) is 77.0 cm³/mol. The van der Waals surface area contributed by atoms with Crippen molar-refractivity contribution in [2.45, 2.75) is 25.7 Å². The quantitative estimate of drug-likeness (QED) is 0.848. The van der Waals surface area contributed by atoms with Crippen molar-refractivity contribution in [2.75, 3.05) is 19.6 Å². The Morgan fingerprint density at radius 1 is 1.50 bits per heavy atom. The summed E-state index contributed by atoms with van der Waals surface area (Å²) in [6.07, 6.45) is 6.63. The molecule has 2 aromatic rings. The molecule has 3 nitrogen and oxygen atoms in total. The smallest absolute Gasteiger partial charge is 0.117 e. The lowest BCUT2D eigenvalue weighted by molar-refractivity contribution is 0.213. The van der Waals surface area contributed by atoms with Gasteiger partial charge in [0.05, 0.1) is 11.7 Å². The van der Waals surface area contributed by atoms with Crippen molar-refractivity contribution in [3.8, 4) is 0 Å². The molecule has 4 heteroatoms. The predicted octanol–water partition coefficient (Wildman–Crippen LogP) is 3.30. The molecular weight excluding hydrogens is 290 g/mol. The van der Waals surface area contributed by atoms with Crippen LogP contribution in [0, 0.1) is 0 Å². The number of pyridine rings is 1. The van der Waals surface area contributed by atoms with Crippen LogP contribution in [0.5, 0.6) is 0 Å². The van der Waals surface area contributed by atoms with Crippen LogP contribution >= 0.6 is 15.9 Å². The normalized spacial score (nSPS) is 21.6. The van der Waals surface area contributed by atoms with E-state index in [4.69, 9.17) is 0 Å². The van der Waals surface area contributed by atoms with Gasteiger partial charge in [-0.1, -0.05) is 6.92 Å². The number of likely N-dealkylation sites (tertiary alicyclic amines) is 1. The molecule has 2 aromatic heterocycles. The van der Waals surface area contributed by atoms with Gasteiger partial charge in [-0.25, -0.2) is 4.98 Å². The van der Waals surface area contributed by atoms with Crippen molar-refractivity contribution in [2.24, 2.45) is 0 Å². The van der Waals surface area contributed by atoms with Gasteiger partial charge in [0.15, 0.2) is 0 Å². The number of nitrogens with zero attached hydrogens (tertiary/aromatic N) is 3. The second kappa shape index (κ2) is 5.02. The van der Waals surface area contributed by atoms with Crippen molar-refractivity contribution in [3.05, 3.63) is 34.8 Å². The summed E-state index contributed by atoms with van der Waals surface area (Å²) in [7, 11) is 0. The molecule has 1 aliphatic heterocycles. The molecule has 0 amide bonds. The highest BCUT2D eigenvalue weighted by Crippen LogP contribution is 2.28. The van der Waals surface area contributed by atoms with E-state index in [0.717, 1.165) is 17.6 Å². The lowest BCUT2D eigenvalue weighted by Crippen LogP contribution is -2.34. The van der Waals surface area contributed by atoms with E-state index in [1.165, 1.54) is 30.7 Å². The molecule has 1 aliphatic rings. The topological polar surface area (TPSA) is 20.5 Å². The Balaban J connectivity index is 1.96. The summed E-state index contributed by atoms with van der Waals surface area (Å²) in [5.74, 6) is 1.78. The molecule has 0 aromatic carbocycles. The lowest BCUT2D eigenvalue weighted by Gasteiger charge is -2.31.